The van der Waals surface area contributed by atoms with Gasteiger partial charge in [0.2, 0.25) is 0 Å². The molecule has 1 N–H and O–H groups in total. The summed E-state index contributed by atoms with van der Waals surface area (Å²) >= 11 is 0. The minimum absolute atomic E-state index is 0.349. The average molecular weight is 358 g/mol. The molecule has 5 aliphatic rings. The highest BCUT2D eigenvalue weighted by Gasteiger charge is 2.60. The van der Waals surface area contributed by atoms with Crippen molar-refractivity contribution >= 4 is 0 Å². The minimum Gasteiger partial charge on any atom is -0.377 e. The molecule has 2 fully saturated rings. The fourth-order valence-corrected chi connectivity index (χ4v) is 6.62. The maximum atomic E-state index is 11.4. The van der Waals surface area contributed by atoms with Gasteiger partial charge in [-0.25, -0.2) is 0 Å². The van der Waals surface area contributed by atoms with Crippen molar-refractivity contribution in [3.63, 3.8) is 0 Å². The van der Waals surface area contributed by atoms with Crippen LogP contribution in [-0.2, 0) is 9.47 Å². The smallest absolute Gasteiger partial charge is 0.172 e. The Labute approximate surface area is 161 Å². The molecule has 0 aromatic carbocycles. The third kappa shape index (κ3) is 2.19. The van der Waals surface area contributed by atoms with Gasteiger partial charge in [-0.05, 0) is 68.4 Å². The molecule has 26 heavy (non-hydrogen) atoms. The number of ether oxygens (including phenoxy) is 2. The van der Waals surface area contributed by atoms with Gasteiger partial charge in [-0.2, -0.15) is 0 Å². The molecular formula is C23H30O3. The third-order valence-corrected chi connectivity index (χ3v) is 8.07. The number of hydrogen-bond acceptors (Lipinski definition) is 3. The highest BCUT2D eigenvalue weighted by atomic mass is 16.7. The lowest BCUT2D eigenvalue weighted by atomic mass is 9.56. The van der Waals surface area contributed by atoms with Crippen LogP contribution in [0, 0.1) is 29.1 Å². The van der Waals surface area contributed by atoms with Gasteiger partial charge in [0.1, 0.15) is 5.60 Å². The van der Waals surface area contributed by atoms with Crippen LogP contribution in [0.4, 0.5) is 0 Å². The molecule has 0 amide bonds. The first kappa shape index (κ1) is 14.0. The van der Waals surface area contributed by atoms with E-state index in [1.165, 1.54) is 16.7 Å². The summed E-state index contributed by atoms with van der Waals surface area (Å²) < 4.78 is 34.1. The lowest BCUT2D eigenvalue weighted by Gasteiger charge is -2.50. The monoisotopic (exact) mass is 357 g/mol. The first-order chi connectivity index (χ1) is 13.6. The normalized spacial score (nSPS) is 45.5. The molecule has 3 nitrogen and oxygen atoms in total. The van der Waals surface area contributed by atoms with Gasteiger partial charge >= 0.3 is 0 Å². The van der Waals surface area contributed by atoms with Gasteiger partial charge in [0.25, 0.3) is 0 Å². The van der Waals surface area contributed by atoms with E-state index in [4.69, 9.17) is 13.6 Å². The summed E-state index contributed by atoms with van der Waals surface area (Å²) in [5.41, 5.74) is 2.89. The van der Waals surface area contributed by atoms with Gasteiger partial charge < -0.3 is 14.6 Å². The Bertz CT molecular complexity index is 840. The summed E-state index contributed by atoms with van der Waals surface area (Å²) in [6.07, 6.45) is 9.52. The second kappa shape index (κ2) is 5.71. The highest BCUT2D eigenvalue weighted by molar-refractivity contribution is 5.45. The third-order valence-electron chi connectivity index (χ3n) is 8.07. The van der Waals surface area contributed by atoms with Crippen molar-refractivity contribution in [2.75, 3.05) is 13.2 Å². The zero-order valence-electron chi connectivity index (χ0n) is 18.6. The van der Waals surface area contributed by atoms with E-state index in [1.807, 2.05) is 0 Å². The van der Waals surface area contributed by atoms with Crippen LogP contribution in [0.2, 0.25) is 0 Å². The molecule has 140 valence electrons. The molecule has 1 spiro atoms. The van der Waals surface area contributed by atoms with Crippen molar-refractivity contribution in [2.24, 2.45) is 17.3 Å². The van der Waals surface area contributed by atoms with Crippen LogP contribution >= 0.6 is 0 Å². The average Bonchev–Trinajstić information content (AvgIpc) is 3.22. The van der Waals surface area contributed by atoms with Gasteiger partial charge in [0.05, 0.1) is 13.2 Å². The molecule has 1 heterocycles. The van der Waals surface area contributed by atoms with Gasteiger partial charge in [0.15, 0.2) is 5.79 Å². The summed E-state index contributed by atoms with van der Waals surface area (Å²) in [5, 5.41) is 11.4. The van der Waals surface area contributed by atoms with E-state index in [9.17, 15) is 5.11 Å². The predicted molar refractivity (Wildman–Crippen MR) is 100 cm³/mol. The fourth-order valence-electron chi connectivity index (χ4n) is 6.62. The maximum Gasteiger partial charge on any atom is 0.172 e. The quantitative estimate of drug-likeness (QED) is 0.663. The topological polar surface area (TPSA) is 38.7 Å². The molecule has 0 aromatic rings. The number of aliphatic hydroxyl groups is 1. The standard InChI is InChI=1S/C23H30O3/c1-3-9-22(24)11-8-20-19-5-4-16-15-23(25-13-14-26-23)12-7-17(16)18(19)6-10-21(20,22)2/h6,19-20,24H,4-5,7-8,10-15H2,1-2H3/t19-,20+,21+,22+/m1/s1/i1D3. The summed E-state index contributed by atoms with van der Waals surface area (Å²) in [6, 6.07) is 0. The van der Waals surface area contributed by atoms with Crippen LogP contribution in [0.3, 0.4) is 0 Å². The van der Waals surface area contributed by atoms with E-state index in [-0.39, 0.29) is 11.2 Å². The van der Waals surface area contributed by atoms with Gasteiger partial charge in [-0.15, -0.1) is 5.92 Å². The second-order valence-corrected chi connectivity index (χ2v) is 9.05. The summed E-state index contributed by atoms with van der Waals surface area (Å²) in [4.78, 5) is 0. The van der Waals surface area contributed by atoms with E-state index < -0.39 is 12.5 Å². The van der Waals surface area contributed by atoms with E-state index in [1.54, 1.807) is 0 Å². The molecule has 1 saturated heterocycles. The van der Waals surface area contributed by atoms with Crippen molar-refractivity contribution in [1.29, 1.82) is 0 Å². The second-order valence-electron chi connectivity index (χ2n) is 9.05. The van der Waals surface area contributed by atoms with Crippen LogP contribution in [0.25, 0.3) is 0 Å². The Kier molecular flexibility index (Phi) is 3.07. The molecule has 3 heteroatoms. The van der Waals surface area contributed by atoms with Gasteiger partial charge in [0, 0.05) is 22.4 Å². The van der Waals surface area contributed by atoms with Crippen molar-refractivity contribution in [3.8, 4) is 11.8 Å². The van der Waals surface area contributed by atoms with Gasteiger partial charge in [-0.1, -0.05) is 24.5 Å². The van der Waals surface area contributed by atoms with E-state index in [2.05, 4.69) is 24.8 Å². The lowest BCUT2D eigenvalue weighted by molar-refractivity contribution is -0.164. The van der Waals surface area contributed by atoms with E-state index in [0.717, 1.165) is 44.9 Å². The first-order valence-electron chi connectivity index (χ1n) is 11.6. The Morgan fingerprint density at radius 1 is 1.23 bits per heavy atom. The van der Waals surface area contributed by atoms with E-state index >= 15 is 0 Å². The molecule has 5 rings (SSSR count). The summed E-state index contributed by atoms with van der Waals surface area (Å²) in [6.45, 7) is 1.19. The highest BCUT2D eigenvalue weighted by Crippen LogP contribution is 2.62. The van der Waals surface area contributed by atoms with Crippen molar-refractivity contribution < 1.29 is 18.7 Å². The van der Waals surface area contributed by atoms with Gasteiger partial charge in [-0.3, -0.25) is 0 Å². The molecule has 4 aliphatic carbocycles. The minimum atomic E-state index is -2.33. The lowest BCUT2D eigenvalue weighted by Crippen LogP contribution is -2.48. The summed E-state index contributed by atoms with van der Waals surface area (Å²) in [5.74, 6) is 5.55. The van der Waals surface area contributed by atoms with Crippen molar-refractivity contribution in [3.05, 3.63) is 22.8 Å². The van der Waals surface area contributed by atoms with Crippen LogP contribution < -0.4 is 0 Å². The fraction of sp³-hybridized carbons (Fsp3) is 0.739. The zero-order chi connectivity index (χ0) is 20.5. The van der Waals surface area contributed by atoms with Crippen LogP contribution in [0.1, 0.15) is 69.3 Å². The molecule has 0 bridgehead atoms. The van der Waals surface area contributed by atoms with Crippen LogP contribution in [0.5, 0.6) is 0 Å². The molecule has 4 atom stereocenters. The maximum absolute atomic E-state index is 11.4. The number of rotatable bonds is 0. The zero-order valence-corrected chi connectivity index (χ0v) is 15.6. The Balaban J connectivity index is 1.45. The largest absolute Gasteiger partial charge is 0.377 e. The molecule has 1 saturated carbocycles. The van der Waals surface area contributed by atoms with E-state index in [0.29, 0.717) is 31.5 Å². The number of fused-ring (bicyclic) bond motifs is 4. The van der Waals surface area contributed by atoms with Crippen molar-refractivity contribution in [1.82, 2.24) is 0 Å². The Hall–Kier alpha value is -1.08. The summed E-state index contributed by atoms with van der Waals surface area (Å²) in [7, 11) is 0. The number of allylic oxidation sites excluding steroid dienone is 3. The molecule has 1 aliphatic heterocycles. The predicted octanol–water partition coefficient (Wildman–Crippen LogP) is 4.12. The van der Waals surface area contributed by atoms with Crippen molar-refractivity contribution in [2.45, 2.75) is 76.5 Å². The molecular weight excluding hydrogens is 324 g/mol. The Morgan fingerprint density at radius 3 is 2.88 bits per heavy atom. The first-order valence-corrected chi connectivity index (χ1v) is 10.1. The number of hydrogen-bond donors (Lipinski definition) is 1. The Morgan fingerprint density at radius 2 is 2.08 bits per heavy atom. The molecule has 0 aromatic heterocycles. The molecule has 0 radical (unpaired) electrons. The SMILES string of the molecule is [2H]C([2H])([2H])C#C[C@]1(O)CC[C@H]2[C@@H]3CCC4=C(CCC5(C4)OCCO5)C3=CC[C@@]21C. The van der Waals surface area contributed by atoms with Crippen LogP contribution in [0.15, 0.2) is 22.8 Å². The molecule has 0 unspecified atom stereocenters. The van der Waals surface area contributed by atoms with Crippen LogP contribution in [-0.4, -0.2) is 29.7 Å².